The molecule has 1 saturated heterocycles. The standard InChI is InChI=1S/C13H23NO2/c15-13-5-6-16-9-12(13)14(7-10-1-2-10)8-11-3-4-11/h10-13,15H,1-9H2. The van der Waals surface area contributed by atoms with Gasteiger partial charge in [0.2, 0.25) is 0 Å². The molecule has 0 radical (unpaired) electrons. The molecule has 0 bridgehead atoms. The van der Waals surface area contributed by atoms with Crippen LogP contribution in [0.3, 0.4) is 0 Å². The summed E-state index contributed by atoms with van der Waals surface area (Å²) in [5, 5.41) is 10.1. The number of rotatable bonds is 5. The van der Waals surface area contributed by atoms with Gasteiger partial charge in [-0.3, -0.25) is 4.90 Å². The molecule has 1 N–H and O–H groups in total. The molecule has 2 atom stereocenters. The van der Waals surface area contributed by atoms with Crippen molar-refractivity contribution in [3.63, 3.8) is 0 Å². The van der Waals surface area contributed by atoms with E-state index in [4.69, 9.17) is 4.74 Å². The Morgan fingerprint density at radius 3 is 2.12 bits per heavy atom. The average Bonchev–Trinajstić information content (AvgIpc) is 3.12. The number of aliphatic hydroxyl groups is 1. The second-order valence-electron chi connectivity index (χ2n) is 5.84. The zero-order valence-corrected chi connectivity index (χ0v) is 9.98. The van der Waals surface area contributed by atoms with Crippen molar-refractivity contribution in [2.45, 2.75) is 44.2 Å². The van der Waals surface area contributed by atoms with Gasteiger partial charge in [0, 0.05) is 19.7 Å². The van der Waals surface area contributed by atoms with Crippen LogP contribution in [0.25, 0.3) is 0 Å². The second kappa shape index (κ2) is 4.63. The number of hydrogen-bond donors (Lipinski definition) is 1. The molecule has 0 aromatic carbocycles. The molecule has 92 valence electrons. The average molecular weight is 225 g/mol. The highest BCUT2D eigenvalue weighted by Gasteiger charge is 2.36. The molecule has 2 saturated carbocycles. The first-order valence-corrected chi connectivity index (χ1v) is 6.83. The normalized spacial score (nSPS) is 35.6. The fraction of sp³-hybridized carbons (Fsp3) is 1.00. The molecule has 0 aromatic heterocycles. The van der Waals surface area contributed by atoms with Gasteiger partial charge in [-0.05, 0) is 43.9 Å². The molecule has 0 spiro atoms. The van der Waals surface area contributed by atoms with E-state index in [1.54, 1.807) is 0 Å². The minimum absolute atomic E-state index is 0.161. The van der Waals surface area contributed by atoms with Crippen LogP contribution in [0.5, 0.6) is 0 Å². The van der Waals surface area contributed by atoms with Crippen LogP contribution in [0, 0.1) is 11.8 Å². The first kappa shape index (κ1) is 11.0. The minimum Gasteiger partial charge on any atom is -0.391 e. The summed E-state index contributed by atoms with van der Waals surface area (Å²) in [4.78, 5) is 2.53. The van der Waals surface area contributed by atoms with Gasteiger partial charge in [0.25, 0.3) is 0 Å². The van der Waals surface area contributed by atoms with Crippen molar-refractivity contribution < 1.29 is 9.84 Å². The molecule has 1 heterocycles. The van der Waals surface area contributed by atoms with E-state index >= 15 is 0 Å². The van der Waals surface area contributed by atoms with Crippen LogP contribution in [0.15, 0.2) is 0 Å². The summed E-state index contributed by atoms with van der Waals surface area (Å²) >= 11 is 0. The van der Waals surface area contributed by atoms with E-state index in [0.29, 0.717) is 0 Å². The third-order valence-electron chi connectivity index (χ3n) is 4.14. The molecule has 3 fully saturated rings. The Labute approximate surface area is 97.8 Å². The van der Waals surface area contributed by atoms with Gasteiger partial charge in [-0.1, -0.05) is 0 Å². The molecule has 2 aliphatic carbocycles. The van der Waals surface area contributed by atoms with E-state index in [1.165, 1.54) is 38.8 Å². The van der Waals surface area contributed by atoms with Crippen LogP contribution in [0.2, 0.25) is 0 Å². The van der Waals surface area contributed by atoms with Crippen LogP contribution in [-0.4, -0.2) is 48.5 Å². The quantitative estimate of drug-likeness (QED) is 0.764. The Morgan fingerprint density at radius 1 is 1.00 bits per heavy atom. The number of aliphatic hydroxyl groups excluding tert-OH is 1. The van der Waals surface area contributed by atoms with E-state index in [0.717, 1.165) is 31.5 Å². The topological polar surface area (TPSA) is 32.7 Å². The van der Waals surface area contributed by atoms with Gasteiger partial charge >= 0.3 is 0 Å². The lowest BCUT2D eigenvalue weighted by molar-refractivity contribution is -0.0636. The Balaban J connectivity index is 1.59. The van der Waals surface area contributed by atoms with E-state index in [9.17, 15) is 5.11 Å². The predicted molar refractivity (Wildman–Crippen MR) is 62.3 cm³/mol. The van der Waals surface area contributed by atoms with E-state index < -0.39 is 0 Å². The van der Waals surface area contributed by atoms with Gasteiger partial charge in [-0.2, -0.15) is 0 Å². The summed E-state index contributed by atoms with van der Waals surface area (Å²) in [5.74, 6) is 1.82. The summed E-state index contributed by atoms with van der Waals surface area (Å²) in [6.45, 7) is 3.86. The van der Waals surface area contributed by atoms with Crippen molar-refractivity contribution in [1.29, 1.82) is 0 Å². The van der Waals surface area contributed by atoms with Gasteiger partial charge in [0.05, 0.1) is 18.8 Å². The second-order valence-corrected chi connectivity index (χ2v) is 5.84. The van der Waals surface area contributed by atoms with Crippen LogP contribution >= 0.6 is 0 Å². The highest BCUT2D eigenvalue weighted by Crippen LogP contribution is 2.35. The molecule has 3 heteroatoms. The Morgan fingerprint density at radius 2 is 1.62 bits per heavy atom. The van der Waals surface area contributed by atoms with Crippen molar-refractivity contribution in [3.8, 4) is 0 Å². The first-order valence-electron chi connectivity index (χ1n) is 6.83. The fourth-order valence-corrected chi connectivity index (χ4v) is 2.67. The van der Waals surface area contributed by atoms with Crippen LogP contribution < -0.4 is 0 Å². The van der Waals surface area contributed by atoms with Crippen LogP contribution in [0.4, 0.5) is 0 Å². The SMILES string of the molecule is OC1CCOCC1N(CC1CC1)CC1CC1. The molecule has 0 aromatic rings. The maximum atomic E-state index is 10.1. The van der Waals surface area contributed by atoms with Gasteiger partial charge in [-0.25, -0.2) is 0 Å². The van der Waals surface area contributed by atoms with Gasteiger partial charge in [0.1, 0.15) is 0 Å². The van der Waals surface area contributed by atoms with Gasteiger partial charge in [-0.15, -0.1) is 0 Å². The molecule has 3 rings (SSSR count). The lowest BCUT2D eigenvalue weighted by Gasteiger charge is -2.37. The highest BCUT2D eigenvalue weighted by atomic mass is 16.5. The fourth-order valence-electron chi connectivity index (χ4n) is 2.67. The van der Waals surface area contributed by atoms with E-state index in [2.05, 4.69) is 4.90 Å². The summed E-state index contributed by atoms with van der Waals surface area (Å²) < 4.78 is 5.54. The molecular formula is C13H23NO2. The zero-order chi connectivity index (χ0) is 11.0. The Bertz CT molecular complexity index is 224. The van der Waals surface area contributed by atoms with Gasteiger partial charge in [0.15, 0.2) is 0 Å². The maximum absolute atomic E-state index is 10.1. The predicted octanol–water partition coefficient (Wildman–Crippen LogP) is 1.26. The smallest absolute Gasteiger partial charge is 0.0739 e. The number of hydrogen-bond acceptors (Lipinski definition) is 3. The third kappa shape index (κ3) is 2.76. The molecular weight excluding hydrogens is 202 g/mol. The number of nitrogens with zero attached hydrogens (tertiary/aromatic N) is 1. The Hall–Kier alpha value is -0.120. The van der Waals surface area contributed by atoms with E-state index in [-0.39, 0.29) is 12.1 Å². The largest absolute Gasteiger partial charge is 0.391 e. The third-order valence-corrected chi connectivity index (χ3v) is 4.14. The molecule has 3 nitrogen and oxygen atoms in total. The van der Waals surface area contributed by atoms with Crippen LogP contribution in [0.1, 0.15) is 32.1 Å². The lowest BCUT2D eigenvalue weighted by atomic mass is 10.0. The van der Waals surface area contributed by atoms with Crippen molar-refractivity contribution in [2.75, 3.05) is 26.3 Å². The molecule has 2 unspecified atom stereocenters. The minimum atomic E-state index is -0.161. The summed E-state index contributed by atoms with van der Waals surface area (Å²) in [5.41, 5.74) is 0. The monoisotopic (exact) mass is 225 g/mol. The van der Waals surface area contributed by atoms with Gasteiger partial charge < -0.3 is 9.84 Å². The first-order chi connectivity index (χ1) is 7.83. The van der Waals surface area contributed by atoms with Crippen LogP contribution in [-0.2, 0) is 4.74 Å². The Kier molecular flexibility index (Phi) is 3.18. The summed E-state index contributed by atoms with van der Waals surface area (Å²) in [7, 11) is 0. The van der Waals surface area contributed by atoms with Crippen molar-refractivity contribution in [1.82, 2.24) is 4.90 Å². The van der Waals surface area contributed by atoms with Crippen molar-refractivity contribution in [3.05, 3.63) is 0 Å². The molecule has 3 aliphatic rings. The van der Waals surface area contributed by atoms with Crippen molar-refractivity contribution in [2.24, 2.45) is 11.8 Å². The zero-order valence-electron chi connectivity index (χ0n) is 9.98. The summed E-state index contributed by atoms with van der Waals surface area (Å²) in [6.07, 6.45) is 6.23. The molecule has 0 amide bonds. The van der Waals surface area contributed by atoms with Crippen molar-refractivity contribution >= 4 is 0 Å². The molecule has 16 heavy (non-hydrogen) atoms. The highest BCUT2D eigenvalue weighted by molar-refractivity contribution is 4.89. The summed E-state index contributed by atoms with van der Waals surface area (Å²) in [6, 6.07) is 0.273. The molecule has 1 aliphatic heterocycles. The van der Waals surface area contributed by atoms with E-state index in [1.807, 2.05) is 0 Å². The maximum Gasteiger partial charge on any atom is 0.0739 e. The number of ether oxygens (including phenoxy) is 1. The lowest BCUT2D eigenvalue weighted by Crippen LogP contribution is -2.51.